The van der Waals surface area contributed by atoms with Crippen molar-refractivity contribution in [2.75, 3.05) is 13.2 Å². The summed E-state index contributed by atoms with van der Waals surface area (Å²) in [5.74, 6) is -1.47. The molecule has 104 valence electrons. The van der Waals surface area contributed by atoms with Crippen molar-refractivity contribution in [3.05, 3.63) is 35.6 Å². The number of carbonyl (C=O) groups is 1. The Morgan fingerprint density at radius 1 is 1.63 bits per heavy atom. The van der Waals surface area contributed by atoms with Crippen molar-refractivity contribution >= 4 is 5.97 Å². The van der Waals surface area contributed by atoms with Gasteiger partial charge in [0.25, 0.3) is 0 Å². The Hall–Kier alpha value is -1.46. The van der Waals surface area contributed by atoms with Gasteiger partial charge in [-0.2, -0.15) is 0 Å². The van der Waals surface area contributed by atoms with E-state index in [1.54, 1.807) is 13.0 Å². The second-order valence-corrected chi connectivity index (χ2v) is 4.96. The van der Waals surface area contributed by atoms with Crippen molar-refractivity contribution in [3.63, 3.8) is 0 Å². The van der Waals surface area contributed by atoms with E-state index in [2.05, 4.69) is 5.32 Å². The summed E-state index contributed by atoms with van der Waals surface area (Å²) in [6.45, 7) is 2.70. The van der Waals surface area contributed by atoms with Crippen molar-refractivity contribution in [2.45, 2.75) is 31.4 Å². The molecule has 1 aliphatic rings. The fourth-order valence-corrected chi connectivity index (χ4v) is 2.22. The van der Waals surface area contributed by atoms with Crippen LogP contribution in [0.5, 0.6) is 0 Å². The Balaban J connectivity index is 2.14. The van der Waals surface area contributed by atoms with Crippen LogP contribution in [-0.2, 0) is 15.1 Å². The molecule has 2 unspecified atom stereocenters. The summed E-state index contributed by atoms with van der Waals surface area (Å²) >= 11 is 0. The van der Waals surface area contributed by atoms with Crippen LogP contribution in [0.25, 0.3) is 0 Å². The van der Waals surface area contributed by atoms with Gasteiger partial charge < -0.3 is 9.84 Å². The number of carboxylic acid groups (broad SMARTS) is 1. The normalized spacial score (nSPS) is 22.1. The number of benzene rings is 1. The molecule has 0 amide bonds. The van der Waals surface area contributed by atoms with Gasteiger partial charge in [-0.1, -0.05) is 12.1 Å². The van der Waals surface area contributed by atoms with E-state index in [0.29, 0.717) is 12.1 Å². The molecule has 5 heteroatoms. The van der Waals surface area contributed by atoms with Crippen LogP contribution in [0.4, 0.5) is 4.39 Å². The zero-order chi connectivity index (χ0) is 13.9. The van der Waals surface area contributed by atoms with Gasteiger partial charge in [0.1, 0.15) is 11.4 Å². The Morgan fingerprint density at radius 3 is 3.00 bits per heavy atom. The van der Waals surface area contributed by atoms with Gasteiger partial charge in [-0.25, -0.2) is 9.18 Å². The highest BCUT2D eigenvalue weighted by atomic mass is 19.1. The topological polar surface area (TPSA) is 58.6 Å². The number of hydrogen-bond donors (Lipinski definition) is 2. The maximum Gasteiger partial charge on any atom is 0.328 e. The van der Waals surface area contributed by atoms with Gasteiger partial charge in [-0.15, -0.1) is 0 Å². The summed E-state index contributed by atoms with van der Waals surface area (Å²) in [5, 5.41) is 12.4. The third-order valence-corrected chi connectivity index (χ3v) is 3.54. The van der Waals surface area contributed by atoms with E-state index in [1.165, 1.54) is 18.2 Å². The summed E-state index contributed by atoms with van der Waals surface area (Å²) in [6.07, 6.45) is 1.95. The molecule has 0 bridgehead atoms. The molecule has 2 atom stereocenters. The Kier molecular flexibility index (Phi) is 4.17. The van der Waals surface area contributed by atoms with Crippen LogP contribution < -0.4 is 5.32 Å². The van der Waals surface area contributed by atoms with E-state index in [-0.39, 0.29) is 6.10 Å². The van der Waals surface area contributed by atoms with Crippen molar-refractivity contribution in [2.24, 2.45) is 0 Å². The zero-order valence-corrected chi connectivity index (χ0v) is 10.9. The first-order chi connectivity index (χ1) is 9.02. The monoisotopic (exact) mass is 267 g/mol. The number of hydrogen-bond acceptors (Lipinski definition) is 3. The van der Waals surface area contributed by atoms with Crippen LogP contribution >= 0.6 is 0 Å². The summed E-state index contributed by atoms with van der Waals surface area (Å²) in [5.41, 5.74) is -0.911. The maximum absolute atomic E-state index is 13.3. The van der Waals surface area contributed by atoms with Crippen molar-refractivity contribution < 1.29 is 19.0 Å². The average Bonchev–Trinajstić information content (AvgIpc) is 2.88. The van der Waals surface area contributed by atoms with Gasteiger partial charge >= 0.3 is 5.97 Å². The molecule has 0 radical (unpaired) electrons. The highest BCUT2D eigenvalue weighted by molar-refractivity contribution is 5.80. The van der Waals surface area contributed by atoms with Gasteiger partial charge in [0.15, 0.2) is 0 Å². The van der Waals surface area contributed by atoms with Crippen molar-refractivity contribution in [3.8, 4) is 0 Å². The molecule has 1 aliphatic heterocycles. The highest BCUT2D eigenvalue weighted by Gasteiger charge is 2.36. The van der Waals surface area contributed by atoms with E-state index >= 15 is 0 Å². The maximum atomic E-state index is 13.3. The molecule has 1 heterocycles. The molecule has 1 aromatic carbocycles. The number of aliphatic carboxylic acids is 1. The van der Waals surface area contributed by atoms with Gasteiger partial charge in [-0.05, 0) is 37.5 Å². The average molecular weight is 267 g/mol. The third kappa shape index (κ3) is 3.11. The molecule has 4 nitrogen and oxygen atoms in total. The number of halogens is 1. The Labute approximate surface area is 111 Å². The lowest BCUT2D eigenvalue weighted by Gasteiger charge is -2.28. The quantitative estimate of drug-likeness (QED) is 0.855. The summed E-state index contributed by atoms with van der Waals surface area (Å²) in [4.78, 5) is 11.5. The molecule has 19 heavy (non-hydrogen) atoms. The molecule has 1 saturated heterocycles. The largest absolute Gasteiger partial charge is 0.480 e. The van der Waals surface area contributed by atoms with Crippen LogP contribution in [0.2, 0.25) is 0 Å². The van der Waals surface area contributed by atoms with E-state index < -0.39 is 17.3 Å². The Morgan fingerprint density at radius 2 is 2.42 bits per heavy atom. The summed E-state index contributed by atoms with van der Waals surface area (Å²) in [6, 6.07) is 5.67. The first-order valence-electron chi connectivity index (χ1n) is 6.38. The number of nitrogens with one attached hydrogen (secondary N) is 1. The molecule has 2 rings (SSSR count). The predicted octanol–water partition coefficient (Wildman–Crippen LogP) is 1.89. The Bertz CT molecular complexity index is 460. The smallest absolute Gasteiger partial charge is 0.328 e. The van der Waals surface area contributed by atoms with Gasteiger partial charge in [-0.3, -0.25) is 5.32 Å². The minimum atomic E-state index is -1.31. The highest BCUT2D eigenvalue weighted by Crippen LogP contribution is 2.23. The molecule has 2 N–H and O–H groups in total. The van der Waals surface area contributed by atoms with Crippen LogP contribution in [0.15, 0.2) is 24.3 Å². The minimum absolute atomic E-state index is 0.0345. The third-order valence-electron chi connectivity index (χ3n) is 3.54. The molecule has 0 aromatic heterocycles. The lowest BCUT2D eigenvalue weighted by atomic mass is 9.91. The van der Waals surface area contributed by atoms with Crippen LogP contribution in [0.1, 0.15) is 25.3 Å². The molecule has 0 spiro atoms. The first-order valence-corrected chi connectivity index (χ1v) is 6.38. The second-order valence-electron chi connectivity index (χ2n) is 4.96. The number of rotatable bonds is 5. The SMILES string of the molecule is CC(NCC1CCCO1)(C(=O)O)c1cccc(F)c1. The standard InChI is InChI=1S/C14H18FNO3/c1-14(13(17)18,10-4-2-5-11(15)8-10)16-9-12-6-3-7-19-12/h2,4-5,8,12,16H,3,6-7,9H2,1H3,(H,17,18). The van der Waals surface area contributed by atoms with Gasteiger partial charge in [0.05, 0.1) is 6.10 Å². The van der Waals surface area contributed by atoms with Gasteiger partial charge in [0, 0.05) is 13.2 Å². The van der Waals surface area contributed by atoms with E-state index in [4.69, 9.17) is 4.74 Å². The molecule has 1 aromatic rings. The van der Waals surface area contributed by atoms with Gasteiger partial charge in [0.2, 0.25) is 0 Å². The van der Waals surface area contributed by atoms with E-state index in [9.17, 15) is 14.3 Å². The van der Waals surface area contributed by atoms with E-state index in [0.717, 1.165) is 19.4 Å². The summed E-state index contributed by atoms with van der Waals surface area (Å²) in [7, 11) is 0. The lowest BCUT2D eigenvalue weighted by Crippen LogP contribution is -2.49. The fraction of sp³-hybridized carbons (Fsp3) is 0.500. The first kappa shape index (κ1) is 14.0. The zero-order valence-electron chi connectivity index (χ0n) is 10.9. The molecule has 1 fully saturated rings. The van der Waals surface area contributed by atoms with Crippen molar-refractivity contribution in [1.82, 2.24) is 5.32 Å². The van der Waals surface area contributed by atoms with Crippen LogP contribution in [-0.4, -0.2) is 30.3 Å². The molecular formula is C14H18FNO3. The van der Waals surface area contributed by atoms with Crippen LogP contribution in [0, 0.1) is 5.82 Å². The second kappa shape index (κ2) is 5.67. The molecule has 0 saturated carbocycles. The molecule has 0 aliphatic carbocycles. The lowest BCUT2D eigenvalue weighted by molar-refractivity contribution is -0.144. The summed E-state index contributed by atoms with van der Waals surface area (Å²) < 4.78 is 18.7. The predicted molar refractivity (Wildman–Crippen MR) is 68.4 cm³/mol. The van der Waals surface area contributed by atoms with Crippen molar-refractivity contribution in [1.29, 1.82) is 0 Å². The minimum Gasteiger partial charge on any atom is -0.480 e. The molecular weight excluding hydrogens is 249 g/mol. The van der Waals surface area contributed by atoms with Crippen LogP contribution in [0.3, 0.4) is 0 Å². The van der Waals surface area contributed by atoms with E-state index in [1.807, 2.05) is 0 Å². The number of carboxylic acids is 1. The fourth-order valence-electron chi connectivity index (χ4n) is 2.22. The number of ether oxygens (including phenoxy) is 1.